The van der Waals surface area contributed by atoms with Crippen molar-refractivity contribution in [3.63, 3.8) is 0 Å². The van der Waals surface area contributed by atoms with Crippen LogP contribution in [0.5, 0.6) is 0 Å². The van der Waals surface area contributed by atoms with Crippen LogP contribution in [-0.4, -0.2) is 16.8 Å². The molecule has 0 spiro atoms. The summed E-state index contributed by atoms with van der Waals surface area (Å²) in [5.74, 6) is -0.691. The van der Waals surface area contributed by atoms with E-state index in [4.69, 9.17) is 5.11 Å². The van der Waals surface area contributed by atoms with E-state index in [0.717, 1.165) is 11.4 Å². The molecule has 0 saturated heterocycles. The van der Waals surface area contributed by atoms with E-state index >= 15 is 0 Å². The molecule has 0 unspecified atom stereocenters. The molecule has 0 bridgehead atoms. The Morgan fingerprint density at radius 1 is 1.53 bits per heavy atom. The van der Waals surface area contributed by atoms with E-state index in [1.807, 2.05) is 35.2 Å². The Kier molecular flexibility index (Phi) is 7.07. The molecule has 1 rings (SSSR count). The minimum atomic E-state index is -0.794. The molecule has 1 heterocycles. The summed E-state index contributed by atoms with van der Waals surface area (Å²) in [5, 5.41) is 8.47. The van der Waals surface area contributed by atoms with Gasteiger partial charge in [-0.25, -0.2) is 4.57 Å². The van der Waals surface area contributed by atoms with Gasteiger partial charge >= 0.3 is 5.97 Å². The molecule has 0 fully saturated rings. The quantitative estimate of drug-likeness (QED) is 0.401. The van der Waals surface area contributed by atoms with Gasteiger partial charge in [0.2, 0.25) is 0 Å². The number of allylic oxidation sites excluding steroid dienone is 1. The Hall–Kier alpha value is -0.810. The van der Waals surface area contributed by atoms with E-state index < -0.39 is 5.97 Å². The molecular weight excluding hydrogens is 278 g/mol. The fourth-order valence-corrected chi connectivity index (χ4v) is 1.56. The molecule has 0 aliphatic carbocycles. The van der Waals surface area contributed by atoms with Crippen LogP contribution in [0.2, 0.25) is 0 Å². The van der Waals surface area contributed by atoms with Gasteiger partial charge in [-0.15, -0.1) is 11.8 Å². The average molecular weight is 290 g/mol. The van der Waals surface area contributed by atoms with Crippen molar-refractivity contribution in [1.82, 2.24) is 0 Å². The largest absolute Gasteiger partial charge is 1.00 e. The van der Waals surface area contributed by atoms with E-state index in [-0.39, 0.29) is 22.7 Å². The van der Waals surface area contributed by atoms with Gasteiger partial charge in [-0.3, -0.25) is 4.79 Å². The van der Waals surface area contributed by atoms with Crippen molar-refractivity contribution in [3.8, 4) is 0 Å². The number of carboxylic acid groups (broad SMARTS) is 1. The molecule has 0 aromatic carbocycles. The molecule has 5 heteroatoms. The van der Waals surface area contributed by atoms with E-state index in [1.54, 1.807) is 0 Å². The molecule has 1 aromatic rings. The highest BCUT2D eigenvalue weighted by Crippen LogP contribution is 2.14. The lowest BCUT2D eigenvalue weighted by atomic mass is 10.4. The predicted octanol–water partition coefficient (Wildman–Crippen LogP) is -1.66. The van der Waals surface area contributed by atoms with Crippen LogP contribution in [0.25, 0.3) is 0 Å². The van der Waals surface area contributed by atoms with Gasteiger partial charge in [0.1, 0.15) is 0 Å². The van der Waals surface area contributed by atoms with Gasteiger partial charge in [-0.05, 0) is 6.08 Å². The second-order valence-electron chi connectivity index (χ2n) is 2.70. The SMILES string of the molecule is C=CC[n+]1ccc(SCC(=O)O)cc1.[Br-]. The van der Waals surface area contributed by atoms with Crippen LogP contribution in [0, 0.1) is 0 Å². The number of thioether (sulfide) groups is 1. The first-order valence-corrected chi connectivity index (χ1v) is 5.15. The van der Waals surface area contributed by atoms with Crippen LogP contribution < -0.4 is 21.5 Å². The maximum Gasteiger partial charge on any atom is 0.313 e. The molecule has 0 aliphatic heterocycles. The monoisotopic (exact) mass is 289 g/mol. The Labute approximate surface area is 104 Å². The molecule has 1 N–H and O–H groups in total. The number of halogens is 1. The third kappa shape index (κ3) is 5.59. The molecule has 82 valence electrons. The Bertz CT molecular complexity index is 327. The zero-order valence-electron chi connectivity index (χ0n) is 8.10. The van der Waals surface area contributed by atoms with E-state index in [2.05, 4.69) is 6.58 Å². The van der Waals surface area contributed by atoms with Crippen molar-refractivity contribution in [3.05, 3.63) is 37.2 Å². The third-order valence-corrected chi connectivity index (χ3v) is 2.56. The molecular formula is C10H12BrNO2S. The lowest BCUT2D eigenvalue weighted by Gasteiger charge is -1.96. The molecule has 0 amide bonds. The van der Waals surface area contributed by atoms with Crippen molar-refractivity contribution >= 4 is 17.7 Å². The predicted molar refractivity (Wildman–Crippen MR) is 55.2 cm³/mol. The number of pyridine rings is 1. The molecule has 0 radical (unpaired) electrons. The zero-order valence-corrected chi connectivity index (χ0v) is 10.5. The van der Waals surface area contributed by atoms with E-state index in [0.29, 0.717) is 0 Å². The summed E-state index contributed by atoms with van der Waals surface area (Å²) >= 11 is 1.32. The van der Waals surface area contributed by atoms with Gasteiger partial charge in [-0.2, -0.15) is 0 Å². The highest BCUT2D eigenvalue weighted by Gasteiger charge is 2.01. The zero-order chi connectivity index (χ0) is 10.4. The Morgan fingerprint density at radius 2 is 2.13 bits per heavy atom. The van der Waals surface area contributed by atoms with Gasteiger partial charge < -0.3 is 22.1 Å². The van der Waals surface area contributed by atoms with Crippen molar-refractivity contribution < 1.29 is 31.4 Å². The minimum Gasteiger partial charge on any atom is -1.00 e. The van der Waals surface area contributed by atoms with E-state index in [9.17, 15) is 4.79 Å². The maximum absolute atomic E-state index is 10.3. The molecule has 3 nitrogen and oxygen atoms in total. The van der Waals surface area contributed by atoms with Crippen LogP contribution in [-0.2, 0) is 11.3 Å². The van der Waals surface area contributed by atoms with Crippen molar-refractivity contribution in [1.29, 1.82) is 0 Å². The molecule has 0 saturated carbocycles. The number of carbonyl (C=O) groups is 1. The summed E-state index contributed by atoms with van der Waals surface area (Å²) in [4.78, 5) is 11.3. The molecule has 15 heavy (non-hydrogen) atoms. The number of aliphatic carboxylic acids is 1. The van der Waals surface area contributed by atoms with Crippen LogP contribution >= 0.6 is 11.8 Å². The highest BCUT2D eigenvalue weighted by atomic mass is 79.9. The number of nitrogens with zero attached hydrogens (tertiary/aromatic N) is 1. The van der Waals surface area contributed by atoms with Crippen LogP contribution in [0.15, 0.2) is 42.1 Å². The summed E-state index contributed by atoms with van der Waals surface area (Å²) in [6.07, 6.45) is 5.63. The summed E-state index contributed by atoms with van der Waals surface area (Å²) in [6, 6.07) is 3.80. The summed E-state index contributed by atoms with van der Waals surface area (Å²) in [5.41, 5.74) is 0. The second-order valence-corrected chi connectivity index (χ2v) is 3.75. The summed E-state index contributed by atoms with van der Waals surface area (Å²) in [6.45, 7) is 4.40. The third-order valence-electron chi connectivity index (χ3n) is 1.56. The lowest BCUT2D eigenvalue weighted by molar-refractivity contribution is -0.687. The van der Waals surface area contributed by atoms with Gasteiger partial charge in [0.25, 0.3) is 0 Å². The topological polar surface area (TPSA) is 41.2 Å². The van der Waals surface area contributed by atoms with Crippen molar-refractivity contribution in [2.75, 3.05) is 5.75 Å². The number of hydrogen-bond acceptors (Lipinski definition) is 2. The normalized spacial score (nSPS) is 9.07. The van der Waals surface area contributed by atoms with E-state index in [1.165, 1.54) is 11.8 Å². The van der Waals surface area contributed by atoms with Gasteiger partial charge in [-0.1, -0.05) is 6.58 Å². The minimum absolute atomic E-state index is 0. The second kappa shape index (κ2) is 7.48. The number of rotatable bonds is 5. The van der Waals surface area contributed by atoms with Crippen molar-refractivity contribution in [2.24, 2.45) is 0 Å². The standard InChI is InChI=1S/C10H11NO2S.BrH/c1-2-5-11-6-3-9(4-7-11)14-8-10(12)13;/h2-4,6-7H,1,5,8H2;1H. The summed E-state index contributed by atoms with van der Waals surface area (Å²) in [7, 11) is 0. The van der Waals surface area contributed by atoms with Crippen molar-refractivity contribution in [2.45, 2.75) is 11.4 Å². The fourth-order valence-electron chi connectivity index (χ4n) is 0.956. The lowest BCUT2D eigenvalue weighted by Crippen LogP contribution is -3.00. The Balaban J connectivity index is 0.00000196. The van der Waals surface area contributed by atoms with Gasteiger partial charge in [0.05, 0.1) is 5.75 Å². The first-order chi connectivity index (χ1) is 6.72. The molecule has 0 aliphatic rings. The average Bonchev–Trinajstić information content (AvgIpc) is 2.17. The van der Waals surface area contributed by atoms with Crippen LogP contribution in [0.4, 0.5) is 0 Å². The molecule has 0 atom stereocenters. The number of aromatic nitrogens is 1. The first kappa shape index (κ1) is 14.2. The van der Waals surface area contributed by atoms with Crippen LogP contribution in [0.3, 0.4) is 0 Å². The van der Waals surface area contributed by atoms with Gasteiger partial charge in [0.15, 0.2) is 18.9 Å². The van der Waals surface area contributed by atoms with Gasteiger partial charge in [0, 0.05) is 17.0 Å². The fraction of sp³-hybridized carbons (Fsp3) is 0.200. The number of carboxylic acids is 1. The van der Waals surface area contributed by atoms with Crippen LogP contribution in [0.1, 0.15) is 0 Å². The Morgan fingerprint density at radius 3 is 2.60 bits per heavy atom. The first-order valence-electron chi connectivity index (χ1n) is 4.17. The molecule has 1 aromatic heterocycles. The maximum atomic E-state index is 10.3. The smallest absolute Gasteiger partial charge is 0.313 e. The summed E-state index contributed by atoms with van der Waals surface area (Å²) < 4.78 is 1.97. The number of hydrogen-bond donors (Lipinski definition) is 1. The highest BCUT2D eigenvalue weighted by molar-refractivity contribution is 8.00.